The summed E-state index contributed by atoms with van der Waals surface area (Å²) in [5, 5.41) is 7.65. The molecule has 0 aromatic heterocycles. The van der Waals surface area contributed by atoms with E-state index in [4.69, 9.17) is 11.6 Å². The molecule has 1 aromatic carbocycles. The molecule has 3 aliphatic heterocycles. The predicted molar refractivity (Wildman–Crippen MR) is 121 cm³/mol. The fraction of sp³-hybridized carbons (Fsp3) is 0.667. The second-order valence-electron chi connectivity index (χ2n) is 8.52. The second kappa shape index (κ2) is 10.4. The Balaban J connectivity index is 0.00000140. The van der Waals surface area contributed by atoms with Gasteiger partial charge in [-0.1, -0.05) is 17.7 Å². The van der Waals surface area contributed by atoms with Crippen molar-refractivity contribution in [3.05, 3.63) is 28.8 Å². The van der Waals surface area contributed by atoms with Crippen LogP contribution in [-0.2, 0) is 4.79 Å². The molecule has 1 amide bonds. The number of hydrogen-bond acceptors (Lipinski definition) is 3. The van der Waals surface area contributed by atoms with E-state index in [1.807, 2.05) is 6.07 Å². The van der Waals surface area contributed by atoms with Gasteiger partial charge in [0.05, 0.1) is 0 Å². The Morgan fingerprint density at radius 1 is 1.18 bits per heavy atom. The van der Waals surface area contributed by atoms with Crippen LogP contribution < -0.4 is 15.5 Å². The molecule has 3 atom stereocenters. The SMILES string of the molecule is Cc1ccc(Cl)cc1N1CCC(CNC(=O)CC2CC3CCC(C2)N3)C1.Cl.Cl. The highest BCUT2D eigenvalue weighted by molar-refractivity contribution is 6.30. The molecule has 2 N–H and O–H groups in total. The zero-order chi connectivity index (χ0) is 18.1. The summed E-state index contributed by atoms with van der Waals surface area (Å²) in [6.45, 7) is 4.97. The first kappa shape index (κ1) is 23.6. The maximum atomic E-state index is 12.4. The van der Waals surface area contributed by atoms with Crippen molar-refractivity contribution in [1.82, 2.24) is 10.6 Å². The van der Waals surface area contributed by atoms with Crippen LogP contribution in [0.3, 0.4) is 0 Å². The van der Waals surface area contributed by atoms with Gasteiger partial charge < -0.3 is 15.5 Å². The third-order valence-electron chi connectivity index (χ3n) is 6.43. The smallest absolute Gasteiger partial charge is 0.220 e. The van der Waals surface area contributed by atoms with E-state index in [0.29, 0.717) is 30.3 Å². The molecule has 158 valence electrons. The number of halogens is 3. The average molecular weight is 449 g/mol. The first-order valence-corrected chi connectivity index (χ1v) is 10.5. The fourth-order valence-electron chi connectivity index (χ4n) is 5.08. The lowest BCUT2D eigenvalue weighted by molar-refractivity contribution is -0.122. The maximum absolute atomic E-state index is 12.4. The van der Waals surface area contributed by atoms with Gasteiger partial charge >= 0.3 is 0 Å². The number of amides is 1. The largest absolute Gasteiger partial charge is 0.371 e. The molecule has 4 rings (SSSR count). The van der Waals surface area contributed by atoms with Crippen LogP contribution in [0.15, 0.2) is 18.2 Å². The molecule has 2 bridgehead atoms. The number of rotatable bonds is 5. The van der Waals surface area contributed by atoms with Gasteiger partial charge in [-0.2, -0.15) is 0 Å². The summed E-state index contributed by atoms with van der Waals surface area (Å²) in [4.78, 5) is 14.8. The zero-order valence-electron chi connectivity index (χ0n) is 16.5. The van der Waals surface area contributed by atoms with Gasteiger partial charge in [0.2, 0.25) is 5.91 Å². The second-order valence-corrected chi connectivity index (χ2v) is 8.95. The third-order valence-corrected chi connectivity index (χ3v) is 6.67. The van der Waals surface area contributed by atoms with Gasteiger partial charge in [0.15, 0.2) is 0 Å². The summed E-state index contributed by atoms with van der Waals surface area (Å²) in [5.41, 5.74) is 2.50. The van der Waals surface area contributed by atoms with Crippen molar-refractivity contribution in [1.29, 1.82) is 0 Å². The first-order chi connectivity index (χ1) is 12.6. The first-order valence-electron chi connectivity index (χ1n) is 10.1. The van der Waals surface area contributed by atoms with Crippen molar-refractivity contribution in [3.63, 3.8) is 0 Å². The van der Waals surface area contributed by atoms with Crippen molar-refractivity contribution >= 4 is 48.0 Å². The number of nitrogens with zero attached hydrogens (tertiary/aromatic N) is 1. The van der Waals surface area contributed by atoms with Crippen molar-refractivity contribution in [3.8, 4) is 0 Å². The number of nitrogens with one attached hydrogen (secondary N) is 2. The van der Waals surface area contributed by atoms with Gasteiger partial charge in [0, 0.05) is 48.8 Å². The average Bonchev–Trinajstić information content (AvgIpc) is 3.22. The van der Waals surface area contributed by atoms with Crippen molar-refractivity contribution in [2.24, 2.45) is 11.8 Å². The number of carbonyl (C=O) groups excluding carboxylic acids is 1. The van der Waals surface area contributed by atoms with Crippen molar-refractivity contribution in [2.75, 3.05) is 24.5 Å². The highest BCUT2D eigenvalue weighted by atomic mass is 35.5. The van der Waals surface area contributed by atoms with E-state index in [2.05, 4.69) is 34.6 Å². The number of aryl methyl sites for hydroxylation is 1. The summed E-state index contributed by atoms with van der Waals surface area (Å²) in [6.07, 6.45) is 6.78. The Bertz CT molecular complexity index is 660. The fourth-order valence-corrected chi connectivity index (χ4v) is 5.24. The lowest BCUT2D eigenvalue weighted by atomic mass is 9.89. The van der Waals surface area contributed by atoms with E-state index in [1.54, 1.807) is 0 Å². The van der Waals surface area contributed by atoms with Gasteiger partial charge in [-0.3, -0.25) is 4.79 Å². The number of benzene rings is 1. The van der Waals surface area contributed by atoms with Crippen LogP contribution in [0.25, 0.3) is 0 Å². The van der Waals surface area contributed by atoms with E-state index in [1.165, 1.54) is 36.9 Å². The Morgan fingerprint density at radius 2 is 1.89 bits per heavy atom. The van der Waals surface area contributed by atoms with E-state index in [0.717, 1.165) is 31.1 Å². The Kier molecular flexibility index (Phi) is 8.75. The summed E-state index contributed by atoms with van der Waals surface area (Å²) in [6, 6.07) is 7.41. The van der Waals surface area contributed by atoms with Crippen LogP contribution >= 0.6 is 36.4 Å². The number of anilines is 1. The van der Waals surface area contributed by atoms with Crippen molar-refractivity contribution < 1.29 is 4.79 Å². The van der Waals surface area contributed by atoms with Crippen LogP contribution in [0.5, 0.6) is 0 Å². The Hall–Kier alpha value is -0.680. The molecule has 0 radical (unpaired) electrons. The quantitative estimate of drug-likeness (QED) is 0.703. The molecule has 4 nitrogen and oxygen atoms in total. The van der Waals surface area contributed by atoms with Crippen LogP contribution in [0.2, 0.25) is 5.02 Å². The molecule has 3 aliphatic rings. The zero-order valence-corrected chi connectivity index (χ0v) is 18.8. The van der Waals surface area contributed by atoms with E-state index >= 15 is 0 Å². The van der Waals surface area contributed by atoms with E-state index in [-0.39, 0.29) is 30.7 Å². The highest BCUT2D eigenvalue weighted by Gasteiger charge is 2.34. The summed E-state index contributed by atoms with van der Waals surface area (Å²) >= 11 is 6.16. The minimum absolute atomic E-state index is 0. The predicted octanol–water partition coefficient (Wildman–Crippen LogP) is 4.36. The minimum Gasteiger partial charge on any atom is -0.371 e. The van der Waals surface area contributed by atoms with Gasteiger partial charge in [-0.25, -0.2) is 0 Å². The normalized spacial score (nSPS) is 28.4. The third kappa shape index (κ3) is 5.69. The standard InChI is InChI=1S/C21H30ClN3O.2ClH/c1-14-2-3-17(22)11-20(14)25-7-6-15(13-25)12-23-21(26)10-16-8-18-4-5-19(9-16)24-18;;/h2-3,11,15-16,18-19,24H,4-10,12-13H2,1H3,(H,23,26);2*1H. The summed E-state index contributed by atoms with van der Waals surface area (Å²) < 4.78 is 0. The molecule has 7 heteroatoms. The molecule has 0 aliphatic carbocycles. The number of carbonyl (C=O) groups is 1. The maximum Gasteiger partial charge on any atom is 0.220 e. The van der Waals surface area contributed by atoms with Crippen LogP contribution in [0.1, 0.15) is 44.1 Å². The molecule has 3 unspecified atom stereocenters. The molecule has 1 aromatic rings. The molecular formula is C21H32Cl3N3O. The highest BCUT2D eigenvalue weighted by Crippen LogP contribution is 2.33. The molecule has 0 saturated carbocycles. The topological polar surface area (TPSA) is 44.4 Å². The molecule has 28 heavy (non-hydrogen) atoms. The van der Waals surface area contributed by atoms with Crippen molar-refractivity contribution in [2.45, 2.75) is 57.5 Å². The summed E-state index contributed by atoms with van der Waals surface area (Å²) in [5.74, 6) is 1.35. The molecule has 3 heterocycles. The van der Waals surface area contributed by atoms with Gasteiger partial charge in [0.25, 0.3) is 0 Å². The number of piperidine rings is 1. The molecule has 3 fully saturated rings. The van der Waals surface area contributed by atoms with Crippen LogP contribution in [-0.4, -0.2) is 37.6 Å². The summed E-state index contributed by atoms with van der Waals surface area (Å²) in [7, 11) is 0. The molecular weight excluding hydrogens is 417 g/mol. The van der Waals surface area contributed by atoms with Crippen LogP contribution in [0.4, 0.5) is 5.69 Å². The Morgan fingerprint density at radius 3 is 2.61 bits per heavy atom. The number of hydrogen-bond donors (Lipinski definition) is 2. The lowest BCUT2D eigenvalue weighted by Gasteiger charge is -2.28. The lowest BCUT2D eigenvalue weighted by Crippen LogP contribution is -2.40. The Labute approximate surface area is 186 Å². The van der Waals surface area contributed by atoms with Crippen LogP contribution in [0, 0.1) is 18.8 Å². The van der Waals surface area contributed by atoms with Gasteiger partial charge in [-0.05, 0) is 68.6 Å². The van der Waals surface area contributed by atoms with Gasteiger partial charge in [0.1, 0.15) is 0 Å². The molecule has 0 spiro atoms. The molecule has 3 saturated heterocycles. The number of fused-ring (bicyclic) bond motifs is 2. The van der Waals surface area contributed by atoms with E-state index < -0.39 is 0 Å². The van der Waals surface area contributed by atoms with Gasteiger partial charge in [-0.15, -0.1) is 24.8 Å². The van der Waals surface area contributed by atoms with E-state index in [9.17, 15) is 4.79 Å². The minimum atomic E-state index is 0. The monoisotopic (exact) mass is 447 g/mol.